The van der Waals surface area contributed by atoms with Gasteiger partial charge in [0.1, 0.15) is 0 Å². The van der Waals surface area contributed by atoms with Crippen molar-refractivity contribution in [1.29, 1.82) is 0 Å². The molecule has 5 heteroatoms. The number of hydrogen-bond donors (Lipinski definition) is 2. The van der Waals surface area contributed by atoms with Gasteiger partial charge in [0, 0.05) is 17.1 Å². The largest absolute Gasteiger partial charge is 0.343 e. The lowest BCUT2D eigenvalue weighted by Gasteiger charge is -2.24. The van der Waals surface area contributed by atoms with E-state index in [0.29, 0.717) is 5.02 Å². The van der Waals surface area contributed by atoms with Gasteiger partial charge < -0.3 is 10.6 Å². The summed E-state index contributed by atoms with van der Waals surface area (Å²) in [5.74, 6) is 0.262. The van der Waals surface area contributed by atoms with Gasteiger partial charge in [-0.2, -0.15) is 0 Å². The van der Waals surface area contributed by atoms with Gasteiger partial charge in [0.15, 0.2) is 0 Å². The highest BCUT2D eigenvalue weighted by Crippen LogP contribution is 2.58. The van der Waals surface area contributed by atoms with Gasteiger partial charge in [0.05, 0.1) is 11.7 Å². The molecule has 2 N–H and O–H groups in total. The number of nitrogens with zero attached hydrogens (tertiary/aromatic N) is 1. The summed E-state index contributed by atoms with van der Waals surface area (Å²) in [7, 11) is 0. The third kappa shape index (κ3) is 3.42. The van der Waals surface area contributed by atoms with Crippen LogP contribution in [0.15, 0.2) is 48.7 Å². The van der Waals surface area contributed by atoms with E-state index in [2.05, 4.69) is 15.6 Å². The van der Waals surface area contributed by atoms with Gasteiger partial charge in [0.2, 0.25) is 5.91 Å². The molecule has 2 aromatic rings. The molecule has 2 heterocycles. The molecule has 1 saturated carbocycles. The molecule has 2 unspecified atom stereocenters. The fourth-order valence-electron chi connectivity index (χ4n) is 4.00. The Morgan fingerprint density at radius 3 is 2.80 bits per heavy atom. The van der Waals surface area contributed by atoms with Gasteiger partial charge >= 0.3 is 0 Å². The number of nitrogens with one attached hydrogen (secondary N) is 2. The molecule has 1 aliphatic heterocycles. The molecule has 2 fully saturated rings. The molecule has 0 bridgehead atoms. The molecule has 2 atom stereocenters. The summed E-state index contributed by atoms with van der Waals surface area (Å²) in [6, 6.07) is 13.1. The van der Waals surface area contributed by atoms with E-state index in [0.717, 1.165) is 43.6 Å². The summed E-state index contributed by atoms with van der Waals surface area (Å²) in [6.07, 6.45) is 4.95. The van der Waals surface area contributed by atoms with E-state index >= 15 is 0 Å². The molecule has 1 aliphatic carbocycles. The summed E-state index contributed by atoms with van der Waals surface area (Å²) in [4.78, 5) is 17.4. The first kappa shape index (κ1) is 16.6. The van der Waals surface area contributed by atoms with Crippen LogP contribution in [0.4, 0.5) is 0 Å². The number of benzene rings is 1. The van der Waals surface area contributed by atoms with E-state index in [-0.39, 0.29) is 23.3 Å². The van der Waals surface area contributed by atoms with Crippen molar-refractivity contribution in [3.8, 4) is 0 Å². The van der Waals surface area contributed by atoms with Gasteiger partial charge in [-0.15, -0.1) is 0 Å². The fourth-order valence-corrected chi connectivity index (χ4v) is 4.20. The molecule has 1 aromatic heterocycles. The SMILES string of the molecule is O=C(NC(c1cccc(Cl)c1)c1ccccn1)C1CC12CCNCC2. The van der Waals surface area contributed by atoms with E-state index in [9.17, 15) is 4.79 Å². The number of aromatic nitrogens is 1. The minimum atomic E-state index is -0.272. The number of halogens is 1. The second kappa shape index (κ2) is 6.77. The molecule has 1 amide bonds. The number of rotatable bonds is 4. The summed E-state index contributed by atoms with van der Waals surface area (Å²) < 4.78 is 0. The minimum absolute atomic E-state index is 0.125. The third-order valence-electron chi connectivity index (χ3n) is 5.56. The molecule has 4 nitrogen and oxygen atoms in total. The van der Waals surface area contributed by atoms with Crippen LogP contribution < -0.4 is 10.6 Å². The van der Waals surface area contributed by atoms with Crippen molar-refractivity contribution < 1.29 is 4.79 Å². The lowest BCUT2D eigenvalue weighted by molar-refractivity contribution is -0.123. The van der Waals surface area contributed by atoms with Crippen LogP contribution >= 0.6 is 11.6 Å². The number of piperidine rings is 1. The van der Waals surface area contributed by atoms with Crippen LogP contribution in [0.1, 0.15) is 36.6 Å². The van der Waals surface area contributed by atoms with Crippen LogP contribution in [0, 0.1) is 11.3 Å². The summed E-state index contributed by atoms with van der Waals surface area (Å²) in [6.45, 7) is 2.03. The molecule has 4 rings (SSSR count). The lowest BCUT2D eigenvalue weighted by Crippen LogP contribution is -2.35. The first-order valence-corrected chi connectivity index (χ1v) is 9.23. The molecule has 2 aliphatic rings. The smallest absolute Gasteiger partial charge is 0.224 e. The first-order chi connectivity index (χ1) is 12.2. The highest BCUT2D eigenvalue weighted by atomic mass is 35.5. The topological polar surface area (TPSA) is 54.0 Å². The van der Waals surface area contributed by atoms with Gasteiger partial charge in [-0.3, -0.25) is 9.78 Å². The fraction of sp³-hybridized carbons (Fsp3) is 0.400. The van der Waals surface area contributed by atoms with Gasteiger partial charge in [0.25, 0.3) is 0 Å². The standard InChI is InChI=1S/C20H22ClN3O/c21-15-5-3-4-14(12-15)18(17-6-1-2-9-23-17)24-19(25)16-13-20(16)7-10-22-11-8-20/h1-6,9,12,16,18,22H,7-8,10-11,13H2,(H,24,25). The zero-order chi connectivity index (χ0) is 17.3. The predicted octanol–water partition coefficient (Wildman–Crippen LogP) is 3.33. The van der Waals surface area contributed by atoms with Crippen molar-refractivity contribution in [2.24, 2.45) is 11.3 Å². The number of amides is 1. The Labute approximate surface area is 153 Å². The van der Waals surface area contributed by atoms with E-state index in [1.54, 1.807) is 6.20 Å². The average Bonchev–Trinajstić information content (AvgIpc) is 3.34. The van der Waals surface area contributed by atoms with Crippen LogP contribution in [-0.4, -0.2) is 24.0 Å². The predicted molar refractivity (Wildman–Crippen MR) is 98.3 cm³/mol. The van der Waals surface area contributed by atoms with E-state index < -0.39 is 0 Å². The zero-order valence-electron chi connectivity index (χ0n) is 14.0. The zero-order valence-corrected chi connectivity index (χ0v) is 14.8. The number of pyridine rings is 1. The Kier molecular flexibility index (Phi) is 4.48. The number of carbonyl (C=O) groups is 1. The average molecular weight is 356 g/mol. The molecule has 1 spiro atoms. The van der Waals surface area contributed by atoms with E-state index in [4.69, 9.17) is 11.6 Å². The van der Waals surface area contributed by atoms with Crippen molar-refractivity contribution >= 4 is 17.5 Å². The molecule has 25 heavy (non-hydrogen) atoms. The minimum Gasteiger partial charge on any atom is -0.343 e. The van der Waals surface area contributed by atoms with Crippen molar-refractivity contribution in [3.05, 3.63) is 64.9 Å². The summed E-state index contributed by atoms with van der Waals surface area (Å²) >= 11 is 6.16. The quantitative estimate of drug-likeness (QED) is 0.884. The lowest BCUT2D eigenvalue weighted by atomic mass is 9.91. The Balaban J connectivity index is 1.56. The highest BCUT2D eigenvalue weighted by molar-refractivity contribution is 6.30. The van der Waals surface area contributed by atoms with Crippen LogP contribution in [0.25, 0.3) is 0 Å². The van der Waals surface area contributed by atoms with Crippen LogP contribution in [0.2, 0.25) is 5.02 Å². The second-order valence-electron chi connectivity index (χ2n) is 7.12. The Bertz CT molecular complexity index is 759. The Morgan fingerprint density at radius 1 is 1.24 bits per heavy atom. The van der Waals surface area contributed by atoms with Crippen LogP contribution in [0.5, 0.6) is 0 Å². The molecule has 0 radical (unpaired) electrons. The maximum absolute atomic E-state index is 12.9. The molecule has 1 saturated heterocycles. The van der Waals surface area contributed by atoms with Crippen LogP contribution in [-0.2, 0) is 4.79 Å². The normalized spacial score (nSPS) is 22.4. The van der Waals surface area contributed by atoms with E-state index in [1.807, 2.05) is 42.5 Å². The molecular weight excluding hydrogens is 334 g/mol. The molecule has 130 valence electrons. The Hall–Kier alpha value is -1.91. The van der Waals surface area contributed by atoms with E-state index in [1.165, 1.54) is 0 Å². The van der Waals surface area contributed by atoms with Gasteiger partial charge in [-0.1, -0.05) is 29.8 Å². The summed E-state index contributed by atoms with van der Waals surface area (Å²) in [5, 5.41) is 7.27. The van der Waals surface area contributed by atoms with Gasteiger partial charge in [-0.05, 0) is 67.6 Å². The van der Waals surface area contributed by atoms with Crippen LogP contribution in [0.3, 0.4) is 0 Å². The highest BCUT2D eigenvalue weighted by Gasteiger charge is 2.57. The second-order valence-corrected chi connectivity index (χ2v) is 7.56. The van der Waals surface area contributed by atoms with Gasteiger partial charge in [-0.25, -0.2) is 0 Å². The number of hydrogen-bond acceptors (Lipinski definition) is 3. The maximum atomic E-state index is 12.9. The van der Waals surface area contributed by atoms with Crippen molar-refractivity contribution in [1.82, 2.24) is 15.6 Å². The third-order valence-corrected chi connectivity index (χ3v) is 5.79. The molecule has 1 aromatic carbocycles. The maximum Gasteiger partial charge on any atom is 0.224 e. The first-order valence-electron chi connectivity index (χ1n) is 8.85. The van der Waals surface area contributed by atoms with Crippen molar-refractivity contribution in [2.45, 2.75) is 25.3 Å². The molecular formula is C20H22ClN3O. The van der Waals surface area contributed by atoms with Crippen molar-refractivity contribution in [2.75, 3.05) is 13.1 Å². The summed E-state index contributed by atoms with van der Waals surface area (Å²) in [5.41, 5.74) is 2.01. The number of carbonyl (C=O) groups excluding carboxylic acids is 1. The monoisotopic (exact) mass is 355 g/mol. The van der Waals surface area contributed by atoms with Crippen molar-refractivity contribution in [3.63, 3.8) is 0 Å². The Morgan fingerprint density at radius 2 is 2.08 bits per heavy atom.